The Kier molecular flexibility index (Phi) is 5.97. The molecule has 0 aliphatic heterocycles. The number of carbonyl (C=O) groups is 1. The number of anilines is 1. The van der Waals surface area contributed by atoms with Crippen LogP contribution in [-0.4, -0.2) is 18.7 Å². The van der Waals surface area contributed by atoms with Crippen LogP contribution in [0.5, 0.6) is 5.75 Å². The van der Waals surface area contributed by atoms with Crippen LogP contribution in [0.15, 0.2) is 42.5 Å². The highest BCUT2D eigenvalue weighted by molar-refractivity contribution is 5.93. The lowest BCUT2D eigenvalue weighted by molar-refractivity contribution is -0.153. The van der Waals surface area contributed by atoms with Crippen molar-refractivity contribution in [1.29, 1.82) is 0 Å². The maximum Gasteiger partial charge on any atom is 0.422 e. The van der Waals surface area contributed by atoms with Crippen molar-refractivity contribution in [1.82, 2.24) is 0 Å². The van der Waals surface area contributed by atoms with Gasteiger partial charge < -0.3 is 10.1 Å². The van der Waals surface area contributed by atoms with E-state index in [2.05, 4.69) is 10.1 Å². The molecule has 10 heteroatoms. The molecule has 0 aliphatic rings. The highest BCUT2D eigenvalue weighted by atomic mass is 19.4. The van der Waals surface area contributed by atoms with Crippen LogP contribution in [0.25, 0.3) is 0 Å². The fourth-order valence-electron chi connectivity index (χ4n) is 2.12. The van der Waals surface area contributed by atoms with Gasteiger partial charge in [0, 0.05) is 0 Å². The number of benzene rings is 2. The number of rotatable bonds is 5. The molecule has 0 unspecified atom stereocenters. The molecule has 0 radical (unpaired) electrons. The van der Waals surface area contributed by atoms with Crippen LogP contribution in [0.1, 0.15) is 11.1 Å². The summed E-state index contributed by atoms with van der Waals surface area (Å²) in [7, 11) is 0. The van der Waals surface area contributed by atoms with Gasteiger partial charge in [0.05, 0.1) is 17.7 Å². The molecule has 0 atom stereocenters. The topological polar surface area (TPSA) is 38.3 Å². The number of nitrogens with one attached hydrogen (secondary N) is 1. The van der Waals surface area contributed by atoms with Gasteiger partial charge in [-0.15, -0.1) is 0 Å². The van der Waals surface area contributed by atoms with Crippen LogP contribution in [0.4, 0.5) is 36.4 Å². The lowest BCUT2D eigenvalue weighted by Gasteiger charge is -2.16. The minimum atomic E-state index is -4.77. The van der Waals surface area contributed by atoms with Gasteiger partial charge in [-0.25, -0.2) is 4.39 Å². The predicted octanol–water partition coefficient (Wildman–Crippen LogP) is 4.97. The van der Waals surface area contributed by atoms with Gasteiger partial charge in [-0.1, -0.05) is 12.1 Å². The smallest absolute Gasteiger partial charge is 0.422 e. The third-order valence-corrected chi connectivity index (χ3v) is 3.23. The normalized spacial score (nSPS) is 12.0. The summed E-state index contributed by atoms with van der Waals surface area (Å²) >= 11 is 0. The minimum Gasteiger partial charge on any atom is -0.482 e. The number of halogens is 7. The van der Waals surface area contributed by atoms with E-state index in [0.29, 0.717) is 18.2 Å². The summed E-state index contributed by atoms with van der Waals surface area (Å²) in [6.45, 7) is -1.74. The molecule has 0 fully saturated rings. The van der Waals surface area contributed by atoms with Crippen LogP contribution in [0.2, 0.25) is 0 Å². The zero-order valence-corrected chi connectivity index (χ0v) is 13.4. The maximum atomic E-state index is 13.1. The van der Waals surface area contributed by atoms with Crippen LogP contribution in [0, 0.1) is 5.82 Å². The average Bonchev–Trinajstić information content (AvgIpc) is 2.51. The Labute approximate surface area is 148 Å². The second-order valence-corrected chi connectivity index (χ2v) is 5.47. The second kappa shape index (κ2) is 7.85. The van der Waals surface area contributed by atoms with Crippen LogP contribution in [-0.2, 0) is 17.4 Å². The molecule has 0 aromatic heterocycles. The van der Waals surface area contributed by atoms with Crippen molar-refractivity contribution < 1.29 is 40.3 Å². The number of amides is 1. The van der Waals surface area contributed by atoms with Gasteiger partial charge in [0.1, 0.15) is 11.6 Å². The molecule has 0 saturated carbocycles. The Morgan fingerprint density at radius 1 is 1.00 bits per heavy atom. The average molecular weight is 395 g/mol. The Balaban J connectivity index is 2.23. The molecule has 0 heterocycles. The van der Waals surface area contributed by atoms with Gasteiger partial charge in [-0.2, -0.15) is 26.3 Å². The first kappa shape index (κ1) is 20.5. The molecule has 0 saturated heterocycles. The summed E-state index contributed by atoms with van der Waals surface area (Å²) in [6, 6.07) is 6.62. The molecular weight excluding hydrogens is 383 g/mol. The monoisotopic (exact) mass is 395 g/mol. The van der Waals surface area contributed by atoms with Crippen LogP contribution >= 0.6 is 0 Å². The van der Waals surface area contributed by atoms with Gasteiger partial charge >= 0.3 is 12.4 Å². The van der Waals surface area contributed by atoms with Crippen molar-refractivity contribution in [3.05, 3.63) is 59.4 Å². The van der Waals surface area contributed by atoms with E-state index in [1.54, 1.807) is 0 Å². The van der Waals surface area contributed by atoms with Crippen molar-refractivity contribution >= 4 is 11.6 Å². The summed E-state index contributed by atoms with van der Waals surface area (Å²) in [6.07, 6.45) is -9.89. The van der Waals surface area contributed by atoms with E-state index >= 15 is 0 Å². The Morgan fingerprint density at radius 2 is 1.70 bits per heavy atom. The first-order valence-electron chi connectivity index (χ1n) is 7.39. The van der Waals surface area contributed by atoms with E-state index in [-0.39, 0.29) is 5.56 Å². The number of hydrogen-bond acceptors (Lipinski definition) is 2. The molecule has 0 aliphatic carbocycles. The number of hydrogen-bond donors (Lipinski definition) is 1. The first-order valence-corrected chi connectivity index (χ1v) is 7.39. The predicted molar refractivity (Wildman–Crippen MR) is 81.7 cm³/mol. The molecule has 2 rings (SSSR count). The summed E-state index contributed by atoms with van der Waals surface area (Å²) in [5.74, 6) is -2.04. The van der Waals surface area contributed by atoms with Crippen LogP contribution in [0.3, 0.4) is 0 Å². The number of carbonyl (C=O) groups excluding carboxylic acids is 1. The highest BCUT2D eigenvalue weighted by Crippen LogP contribution is 2.35. The SMILES string of the molecule is O=C(Cc1cccc(F)c1)Nc1cc(C(F)(F)F)ccc1OCC(F)(F)F. The quantitative estimate of drug-likeness (QED) is 0.727. The minimum absolute atomic E-state index is 0.234. The second-order valence-electron chi connectivity index (χ2n) is 5.47. The van der Waals surface area contributed by atoms with E-state index < -0.39 is 54.1 Å². The number of alkyl halides is 6. The van der Waals surface area contributed by atoms with Crippen molar-refractivity contribution in [2.45, 2.75) is 18.8 Å². The van der Waals surface area contributed by atoms with E-state index in [9.17, 15) is 35.5 Å². The Morgan fingerprint density at radius 3 is 2.30 bits per heavy atom. The highest BCUT2D eigenvalue weighted by Gasteiger charge is 2.32. The molecule has 2 aromatic rings. The van der Waals surface area contributed by atoms with Crippen molar-refractivity contribution in [2.75, 3.05) is 11.9 Å². The third-order valence-electron chi connectivity index (χ3n) is 3.23. The zero-order chi connectivity index (χ0) is 20.2. The summed E-state index contributed by atoms with van der Waals surface area (Å²) < 4.78 is 93.0. The maximum absolute atomic E-state index is 13.1. The number of ether oxygens (including phenoxy) is 1. The van der Waals surface area contributed by atoms with Crippen LogP contribution < -0.4 is 10.1 Å². The third kappa shape index (κ3) is 6.46. The lowest BCUT2D eigenvalue weighted by atomic mass is 10.1. The van der Waals surface area contributed by atoms with E-state index in [1.807, 2.05) is 0 Å². The molecule has 2 aromatic carbocycles. The van der Waals surface area contributed by atoms with Gasteiger partial charge in [-0.3, -0.25) is 4.79 Å². The van der Waals surface area contributed by atoms with E-state index in [0.717, 1.165) is 12.1 Å². The zero-order valence-electron chi connectivity index (χ0n) is 13.4. The summed E-state index contributed by atoms with van der Waals surface area (Å²) in [5.41, 5.74) is -1.52. The molecule has 1 N–H and O–H groups in total. The molecule has 3 nitrogen and oxygen atoms in total. The Bertz CT molecular complexity index is 816. The van der Waals surface area contributed by atoms with Gasteiger partial charge in [0.2, 0.25) is 5.91 Å². The van der Waals surface area contributed by atoms with Gasteiger partial charge in [0.25, 0.3) is 0 Å². The summed E-state index contributed by atoms with van der Waals surface area (Å²) in [5, 5.41) is 2.07. The largest absolute Gasteiger partial charge is 0.482 e. The summed E-state index contributed by atoms with van der Waals surface area (Å²) in [4.78, 5) is 12.0. The molecule has 0 spiro atoms. The van der Waals surface area contributed by atoms with Crippen molar-refractivity contribution in [3.8, 4) is 5.75 Å². The van der Waals surface area contributed by atoms with E-state index in [1.165, 1.54) is 12.1 Å². The van der Waals surface area contributed by atoms with E-state index in [4.69, 9.17) is 0 Å². The molecule has 146 valence electrons. The van der Waals surface area contributed by atoms with Gasteiger partial charge in [-0.05, 0) is 35.9 Å². The lowest BCUT2D eigenvalue weighted by Crippen LogP contribution is -2.21. The van der Waals surface area contributed by atoms with Gasteiger partial charge in [0.15, 0.2) is 6.61 Å². The van der Waals surface area contributed by atoms with Crippen molar-refractivity contribution in [3.63, 3.8) is 0 Å². The standard InChI is InChI=1S/C17H12F7NO2/c18-12-3-1-2-10(6-12)7-15(26)25-13-8-11(17(22,23)24)4-5-14(13)27-9-16(19,20)21/h1-6,8H,7,9H2,(H,25,26). The Hall–Kier alpha value is -2.78. The fraction of sp³-hybridized carbons (Fsp3) is 0.235. The molecular formula is C17H12F7NO2. The fourth-order valence-corrected chi connectivity index (χ4v) is 2.12. The van der Waals surface area contributed by atoms with Crippen molar-refractivity contribution in [2.24, 2.45) is 0 Å². The molecule has 27 heavy (non-hydrogen) atoms. The molecule has 1 amide bonds. The molecule has 0 bridgehead atoms. The first-order chi connectivity index (χ1) is 12.4.